The van der Waals surface area contributed by atoms with Gasteiger partial charge in [-0.2, -0.15) is 0 Å². The maximum absolute atomic E-state index is 11.2. The van der Waals surface area contributed by atoms with Gasteiger partial charge in [-0.05, 0) is 25.9 Å². The summed E-state index contributed by atoms with van der Waals surface area (Å²) in [5, 5.41) is -0.117. The molecule has 1 saturated heterocycles. The van der Waals surface area contributed by atoms with E-state index in [0.29, 0.717) is 0 Å². The molecule has 4 heteroatoms. The topological polar surface area (TPSA) is 37.4 Å². The molecule has 0 aromatic heterocycles. The van der Waals surface area contributed by atoms with Crippen LogP contribution in [-0.4, -0.2) is 44.5 Å². The van der Waals surface area contributed by atoms with E-state index in [0.717, 1.165) is 32.5 Å². The van der Waals surface area contributed by atoms with Crippen molar-refractivity contribution in [2.75, 3.05) is 25.9 Å². The number of hydrogen-bond donors (Lipinski definition) is 0. The molecule has 0 saturated carbocycles. The highest BCUT2D eigenvalue weighted by Gasteiger charge is 2.25. The molecule has 0 radical (unpaired) electrons. The molecule has 0 unspecified atom stereocenters. The van der Waals surface area contributed by atoms with Crippen LogP contribution in [0.4, 0.5) is 0 Å². The zero-order valence-corrected chi connectivity index (χ0v) is 8.89. The van der Waals surface area contributed by atoms with E-state index in [1.165, 1.54) is 6.26 Å². The van der Waals surface area contributed by atoms with Crippen LogP contribution in [0, 0.1) is 0 Å². The molecule has 0 N–H and O–H groups in total. The van der Waals surface area contributed by atoms with E-state index in [1.807, 2.05) is 6.08 Å². The molecule has 1 aliphatic heterocycles. The number of rotatable bonds is 3. The predicted molar refractivity (Wildman–Crippen MR) is 54.5 cm³/mol. The molecule has 13 heavy (non-hydrogen) atoms. The summed E-state index contributed by atoms with van der Waals surface area (Å²) in [5.41, 5.74) is 0. The Morgan fingerprint density at radius 3 is 2.38 bits per heavy atom. The van der Waals surface area contributed by atoms with Crippen LogP contribution in [-0.2, 0) is 9.84 Å². The summed E-state index contributed by atoms with van der Waals surface area (Å²) in [6.45, 7) is 6.29. The summed E-state index contributed by atoms with van der Waals surface area (Å²) in [7, 11) is -2.82. The van der Waals surface area contributed by atoms with E-state index >= 15 is 0 Å². The van der Waals surface area contributed by atoms with Gasteiger partial charge in [-0.15, -0.1) is 6.58 Å². The molecule has 1 rings (SSSR count). The Morgan fingerprint density at radius 1 is 1.46 bits per heavy atom. The number of nitrogens with zero attached hydrogens (tertiary/aromatic N) is 1. The Balaban J connectivity index is 2.43. The van der Waals surface area contributed by atoms with Gasteiger partial charge in [0.25, 0.3) is 0 Å². The van der Waals surface area contributed by atoms with Crippen LogP contribution in [0.5, 0.6) is 0 Å². The van der Waals surface area contributed by atoms with Gasteiger partial charge < -0.3 is 0 Å². The molecule has 76 valence electrons. The number of piperidine rings is 1. The highest BCUT2D eigenvalue weighted by molar-refractivity contribution is 7.91. The molecule has 0 amide bonds. The normalized spacial score (nSPS) is 21.6. The highest BCUT2D eigenvalue weighted by atomic mass is 32.2. The van der Waals surface area contributed by atoms with Gasteiger partial charge in [0.15, 0.2) is 0 Å². The van der Waals surface area contributed by atoms with Crippen LogP contribution >= 0.6 is 0 Å². The second-order valence-corrected chi connectivity index (χ2v) is 5.94. The average Bonchev–Trinajstić information content (AvgIpc) is 2.04. The zero-order chi connectivity index (χ0) is 9.90. The van der Waals surface area contributed by atoms with Gasteiger partial charge in [-0.25, -0.2) is 8.42 Å². The van der Waals surface area contributed by atoms with E-state index in [-0.39, 0.29) is 5.25 Å². The third-order valence-corrected chi connectivity index (χ3v) is 4.21. The molecule has 0 aliphatic carbocycles. The van der Waals surface area contributed by atoms with Crippen LogP contribution in [0.15, 0.2) is 12.7 Å². The van der Waals surface area contributed by atoms with Crippen molar-refractivity contribution in [2.45, 2.75) is 18.1 Å². The third-order valence-electron chi connectivity index (χ3n) is 2.53. The lowest BCUT2D eigenvalue weighted by Crippen LogP contribution is -2.38. The summed E-state index contributed by atoms with van der Waals surface area (Å²) >= 11 is 0. The van der Waals surface area contributed by atoms with E-state index in [4.69, 9.17) is 0 Å². The lowest BCUT2D eigenvalue weighted by Gasteiger charge is -2.29. The van der Waals surface area contributed by atoms with Crippen molar-refractivity contribution >= 4 is 9.84 Å². The molecule has 0 aromatic carbocycles. The van der Waals surface area contributed by atoms with Crippen molar-refractivity contribution in [1.29, 1.82) is 0 Å². The molecule has 0 atom stereocenters. The number of sulfone groups is 1. The van der Waals surface area contributed by atoms with Gasteiger partial charge >= 0.3 is 0 Å². The molecule has 1 aliphatic rings. The first-order valence-corrected chi connectivity index (χ1v) is 6.51. The first kappa shape index (κ1) is 10.7. The van der Waals surface area contributed by atoms with Crippen LogP contribution in [0.2, 0.25) is 0 Å². The van der Waals surface area contributed by atoms with Crippen molar-refractivity contribution in [1.82, 2.24) is 4.90 Å². The zero-order valence-electron chi connectivity index (χ0n) is 8.07. The van der Waals surface area contributed by atoms with E-state index in [9.17, 15) is 8.42 Å². The number of hydrogen-bond acceptors (Lipinski definition) is 3. The first-order valence-electron chi connectivity index (χ1n) is 4.56. The van der Waals surface area contributed by atoms with Gasteiger partial charge in [0.1, 0.15) is 9.84 Å². The Kier molecular flexibility index (Phi) is 3.50. The lowest BCUT2D eigenvalue weighted by molar-refractivity contribution is 0.253. The van der Waals surface area contributed by atoms with Crippen LogP contribution in [0.3, 0.4) is 0 Å². The Hall–Kier alpha value is -0.350. The Labute approximate surface area is 80.3 Å². The van der Waals surface area contributed by atoms with Gasteiger partial charge in [0, 0.05) is 12.8 Å². The summed E-state index contributed by atoms with van der Waals surface area (Å²) < 4.78 is 22.4. The molecule has 1 heterocycles. The minimum atomic E-state index is -2.82. The molecular weight excluding hydrogens is 186 g/mol. The maximum Gasteiger partial charge on any atom is 0.150 e. The first-order chi connectivity index (χ1) is 6.04. The average molecular weight is 203 g/mol. The second-order valence-electron chi connectivity index (χ2n) is 3.62. The molecule has 3 nitrogen and oxygen atoms in total. The summed E-state index contributed by atoms with van der Waals surface area (Å²) in [6, 6.07) is 0. The molecule has 1 fully saturated rings. The fraction of sp³-hybridized carbons (Fsp3) is 0.778. The van der Waals surface area contributed by atoms with Crippen molar-refractivity contribution in [3.8, 4) is 0 Å². The minimum absolute atomic E-state index is 0.117. The van der Waals surface area contributed by atoms with Gasteiger partial charge in [-0.1, -0.05) is 6.08 Å². The molecule has 0 aromatic rings. The third kappa shape index (κ3) is 3.12. The quantitative estimate of drug-likeness (QED) is 0.633. The summed E-state index contributed by atoms with van der Waals surface area (Å²) in [5.74, 6) is 0. The second kappa shape index (κ2) is 4.24. The Morgan fingerprint density at radius 2 is 2.00 bits per heavy atom. The monoisotopic (exact) mass is 203 g/mol. The SMILES string of the molecule is C=CCN1CCC(S(C)(=O)=O)CC1. The lowest BCUT2D eigenvalue weighted by atomic mass is 10.1. The molecule has 0 bridgehead atoms. The van der Waals surface area contributed by atoms with Crippen molar-refractivity contribution in [3.63, 3.8) is 0 Å². The largest absolute Gasteiger partial charge is 0.300 e. The smallest absolute Gasteiger partial charge is 0.150 e. The van der Waals surface area contributed by atoms with Crippen LogP contribution < -0.4 is 0 Å². The summed E-state index contributed by atoms with van der Waals surface area (Å²) in [6.07, 6.45) is 4.74. The van der Waals surface area contributed by atoms with E-state index in [2.05, 4.69) is 11.5 Å². The van der Waals surface area contributed by atoms with E-state index < -0.39 is 9.84 Å². The predicted octanol–water partition coefficient (Wildman–Crippen LogP) is 0.681. The molecular formula is C9H17NO2S. The molecule has 0 spiro atoms. The summed E-state index contributed by atoms with van der Waals surface area (Å²) in [4.78, 5) is 2.23. The van der Waals surface area contributed by atoms with Gasteiger partial charge in [-0.3, -0.25) is 4.90 Å². The van der Waals surface area contributed by atoms with Gasteiger partial charge in [0.2, 0.25) is 0 Å². The standard InChI is InChI=1S/C9H17NO2S/c1-3-6-10-7-4-9(5-8-10)13(2,11)12/h3,9H,1,4-8H2,2H3. The fourth-order valence-electron chi connectivity index (χ4n) is 1.70. The maximum atomic E-state index is 11.2. The highest BCUT2D eigenvalue weighted by Crippen LogP contribution is 2.16. The van der Waals surface area contributed by atoms with Crippen molar-refractivity contribution in [3.05, 3.63) is 12.7 Å². The van der Waals surface area contributed by atoms with Crippen molar-refractivity contribution in [2.24, 2.45) is 0 Å². The van der Waals surface area contributed by atoms with Gasteiger partial charge in [0.05, 0.1) is 5.25 Å². The van der Waals surface area contributed by atoms with Crippen molar-refractivity contribution < 1.29 is 8.42 Å². The number of likely N-dealkylation sites (tertiary alicyclic amines) is 1. The fourth-order valence-corrected chi connectivity index (χ4v) is 2.77. The van der Waals surface area contributed by atoms with Crippen LogP contribution in [0.1, 0.15) is 12.8 Å². The minimum Gasteiger partial charge on any atom is -0.300 e. The van der Waals surface area contributed by atoms with E-state index in [1.54, 1.807) is 0 Å². The Bertz CT molecular complexity index is 263. The van der Waals surface area contributed by atoms with Crippen LogP contribution in [0.25, 0.3) is 0 Å².